The maximum Gasteiger partial charge on any atom is 0.241 e. The second-order valence-electron chi connectivity index (χ2n) is 9.11. The van der Waals surface area contributed by atoms with Crippen LogP contribution < -0.4 is 5.32 Å². The summed E-state index contributed by atoms with van der Waals surface area (Å²) in [4.78, 5) is 30.7. The van der Waals surface area contributed by atoms with Gasteiger partial charge in [-0.2, -0.15) is 12.6 Å². The van der Waals surface area contributed by atoms with Gasteiger partial charge in [0.25, 0.3) is 0 Å². The van der Waals surface area contributed by atoms with E-state index in [1.54, 1.807) is 6.07 Å². The third-order valence-electron chi connectivity index (χ3n) is 6.89. The van der Waals surface area contributed by atoms with Crippen LogP contribution in [0.15, 0.2) is 12.1 Å². The van der Waals surface area contributed by atoms with Crippen LogP contribution >= 0.6 is 24.2 Å². The lowest BCUT2D eigenvalue weighted by molar-refractivity contribution is -0.139. The first-order valence-electron chi connectivity index (χ1n) is 11.0. The minimum atomic E-state index is 0.0207. The standard InChI is InChI=1S/C22H31ClN4O3S/c1-22(3-4-22)16-10-18(19(28)11-17(16)23)24-12-21(30)26-7-5-25(6-8-26)15-13-27(14-15)20(29)2-9-31/h10-11,15,24,28,31H,2-9,12-14H2,1H3. The van der Waals surface area contributed by atoms with Crippen LogP contribution in [0.1, 0.15) is 31.7 Å². The first kappa shape index (κ1) is 22.6. The SMILES string of the molecule is CC1(c2cc(NCC(=O)N3CCN(C4CN(C(=O)CCS)C4)CC3)c(O)cc2Cl)CC1. The van der Waals surface area contributed by atoms with E-state index in [1.165, 1.54) is 0 Å². The van der Waals surface area contributed by atoms with Crippen molar-refractivity contribution in [2.75, 3.05) is 56.9 Å². The number of carbonyl (C=O) groups excluding carboxylic acids is 2. The molecule has 2 saturated heterocycles. The lowest BCUT2D eigenvalue weighted by atomic mass is 9.97. The molecule has 0 aromatic heterocycles. The van der Waals surface area contributed by atoms with E-state index in [-0.39, 0.29) is 29.5 Å². The molecule has 1 aromatic carbocycles. The van der Waals surface area contributed by atoms with Crippen LogP contribution in [-0.4, -0.2) is 89.2 Å². The number of piperazine rings is 1. The molecule has 9 heteroatoms. The first-order valence-corrected chi connectivity index (χ1v) is 12.0. The molecule has 2 aliphatic heterocycles. The van der Waals surface area contributed by atoms with Crippen molar-refractivity contribution >= 4 is 41.7 Å². The highest BCUT2D eigenvalue weighted by molar-refractivity contribution is 7.80. The van der Waals surface area contributed by atoms with Gasteiger partial charge in [-0.15, -0.1) is 0 Å². The summed E-state index contributed by atoms with van der Waals surface area (Å²) in [5.41, 5.74) is 1.66. The smallest absolute Gasteiger partial charge is 0.241 e. The van der Waals surface area contributed by atoms with Gasteiger partial charge in [-0.05, 0) is 35.6 Å². The summed E-state index contributed by atoms with van der Waals surface area (Å²) in [6.45, 7) is 6.85. The lowest BCUT2D eigenvalue weighted by Gasteiger charge is -2.48. The van der Waals surface area contributed by atoms with E-state index in [2.05, 4.69) is 29.8 Å². The van der Waals surface area contributed by atoms with E-state index in [1.807, 2.05) is 15.9 Å². The number of nitrogens with one attached hydrogen (secondary N) is 1. The number of anilines is 1. The molecule has 170 valence electrons. The number of phenolic OH excluding ortho intramolecular Hbond substituents is 1. The van der Waals surface area contributed by atoms with Crippen LogP contribution in [0.25, 0.3) is 0 Å². The molecule has 0 bridgehead atoms. The average Bonchev–Trinajstić information content (AvgIpc) is 3.45. The zero-order valence-electron chi connectivity index (χ0n) is 17.9. The summed E-state index contributed by atoms with van der Waals surface area (Å²) in [5.74, 6) is 0.851. The maximum absolute atomic E-state index is 12.7. The molecule has 0 spiro atoms. The van der Waals surface area contributed by atoms with Crippen LogP contribution in [0, 0.1) is 0 Å². The van der Waals surface area contributed by atoms with Gasteiger partial charge >= 0.3 is 0 Å². The van der Waals surface area contributed by atoms with Crippen molar-refractivity contribution in [1.29, 1.82) is 0 Å². The van der Waals surface area contributed by atoms with E-state index < -0.39 is 0 Å². The highest BCUT2D eigenvalue weighted by Crippen LogP contribution is 2.51. The molecule has 7 nitrogen and oxygen atoms in total. The number of halogens is 1. The Morgan fingerprint density at radius 1 is 1.16 bits per heavy atom. The van der Waals surface area contributed by atoms with E-state index in [9.17, 15) is 14.7 Å². The average molecular weight is 467 g/mol. The van der Waals surface area contributed by atoms with Crippen LogP contribution in [-0.2, 0) is 15.0 Å². The predicted octanol–water partition coefficient (Wildman–Crippen LogP) is 2.18. The second-order valence-corrected chi connectivity index (χ2v) is 9.96. The van der Waals surface area contributed by atoms with Crippen LogP contribution in [0.2, 0.25) is 5.02 Å². The van der Waals surface area contributed by atoms with Gasteiger partial charge in [0.05, 0.1) is 12.2 Å². The van der Waals surface area contributed by atoms with E-state index in [4.69, 9.17) is 11.6 Å². The van der Waals surface area contributed by atoms with Crippen molar-refractivity contribution in [3.05, 3.63) is 22.7 Å². The Bertz CT molecular complexity index is 849. The number of rotatable bonds is 7. The maximum atomic E-state index is 12.7. The molecule has 3 aliphatic rings. The van der Waals surface area contributed by atoms with Gasteiger partial charge in [0, 0.05) is 62.8 Å². The number of carbonyl (C=O) groups is 2. The molecule has 1 aliphatic carbocycles. The zero-order chi connectivity index (χ0) is 22.2. The van der Waals surface area contributed by atoms with Crippen molar-refractivity contribution in [3.8, 4) is 5.75 Å². The fourth-order valence-corrected chi connectivity index (χ4v) is 4.96. The van der Waals surface area contributed by atoms with Gasteiger partial charge in [-0.3, -0.25) is 14.5 Å². The van der Waals surface area contributed by atoms with Crippen molar-refractivity contribution in [2.45, 2.75) is 37.6 Å². The van der Waals surface area contributed by atoms with Crippen molar-refractivity contribution in [2.24, 2.45) is 0 Å². The topological polar surface area (TPSA) is 76.1 Å². The van der Waals surface area contributed by atoms with E-state index in [0.29, 0.717) is 42.0 Å². The third-order valence-corrected chi connectivity index (χ3v) is 7.43. The van der Waals surface area contributed by atoms with E-state index in [0.717, 1.165) is 44.6 Å². The number of aromatic hydroxyl groups is 1. The molecule has 2 N–H and O–H groups in total. The number of thiol groups is 1. The number of benzene rings is 1. The van der Waals surface area contributed by atoms with Gasteiger partial charge in [0.2, 0.25) is 11.8 Å². The van der Waals surface area contributed by atoms with Gasteiger partial charge in [0.1, 0.15) is 5.75 Å². The minimum Gasteiger partial charge on any atom is -0.506 e. The molecule has 2 heterocycles. The second kappa shape index (κ2) is 9.08. The van der Waals surface area contributed by atoms with E-state index >= 15 is 0 Å². The Morgan fingerprint density at radius 3 is 2.45 bits per heavy atom. The summed E-state index contributed by atoms with van der Waals surface area (Å²) in [6.07, 6.45) is 2.67. The summed E-state index contributed by atoms with van der Waals surface area (Å²) < 4.78 is 0. The Morgan fingerprint density at radius 2 is 1.84 bits per heavy atom. The number of phenols is 1. The Hall–Kier alpha value is -1.64. The quantitative estimate of drug-likeness (QED) is 0.424. The first-order chi connectivity index (χ1) is 14.8. The number of likely N-dealkylation sites (tertiary alicyclic amines) is 1. The fraction of sp³-hybridized carbons (Fsp3) is 0.636. The molecule has 0 radical (unpaired) electrons. The number of amides is 2. The summed E-state index contributed by atoms with van der Waals surface area (Å²) in [7, 11) is 0. The van der Waals surface area contributed by atoms with Gasteiger partial charge in [-0.1, -0.05) is 18.5 Å². The molecule has 1 saturated carbocycles. The highest BCUT2D eigenvalue weighted by atomic mass is 35.5. The normalized spacial score (nSPS) is 21.0. The number of nitrogens with zero attached hydrogens (tertiary/aromatic N) is 3. The van der Waals surface area contributed by atoms with Crippen LogP contribution in [0.4, 0.5) is 5.69 Å². The predicted molar refractivity (Wildman–Crippen MR) is 125 cm³/mol. The summed E-state index contributed by atoms with van der Waals surface area (Å²) >= 11 is 10.4. The summed E-state index contributed by atoms with van der Waals surface area (Å²) in [5, 5.41) is 13.9. The minimum absolute atomic E-state index is 0.0207. The largest absolute Gasteiger partial charge is 0.506 e. The van der Waals surface area contributed by atoms with Gasteiger partial charge in [0.15, 0.2) is 0 Å². The lowest BCUT2D eigenvalue weighted by Crippen LogP contribution is -2.64. The molecule has 0 unspecified atom stereocenters. The van der Waals surface area contributed by atoms with Crippen molar-refractivity contribution in [1.82, 2.24) is 14.7 Å². The molecular weight excluding hydrogens is 436 g/mol. The molecule has 1 aromatic rings. The van der Waals surface area contributed by atoms with Crippen molar-refractivity contribution in [3.63, 3.8) is 0 Å². The van der Waals surface area contributed by atoms with Crippen LogP contribution in [0.5, 0.6) is 5.75 Å². The Labute approximate surface area is 194 Å². The molecule has 31 heavy (non-hydrogen) atoms. The number of hydrogen-bond donors (Lipinski definition) is 3. The summed E-state index contributed by atoms with van der Waals surface area (Å²) in [6, 6.07) is 3.84. The van der Waals surface area contributed by atoms with Gasteiger partial charge < -0.3 is 20.2 Å². The Kier molecular flexibility index (Phi) is 6.60. The third kappa shape index (κ3) is 4.91. The molecule has 4 rings (SSSR count). The van der Waals surface area contributed by atoms with Gasteiger partial charge in [-0.25, -0.2) is 0 Å². The van der Waals surface area contributed by atoms with Crippen molar-refractivity contribution < 1.29 is 14.7 Å². The zero-order valence-corrected chi connectivity index (χ0v) is 19.6. The number of hydrogen-bond acceptors (Lipinski definition) is 6. The monoisotopic (exact) mass is 466 g/mol. The molecule has 2 amide bonds. The fourth-order valence-electron chi connectivity index (χ4n) is 4.39. The highest BCUT2D eigenvalue weighted by Gasteiger charge is 2.41. The molecule has 3 fully saturated rings. The Balaban J connectivity index is 1.24. The van der Waals surface area contributed by atoms with Crippen LogP contribution in [0.3, 0.4) is 0 Å². The molecular formula is C22H31ClN4O3S. The molecule has 0 atom stereocenters.